The Bertz CT molecular complexity index is 235. The molecule has 0 heterocycles. The molecule has 0 aromatic rings. The van der Waals surface area contributed by atoms with Crippen LogP contribution in [0.3, 0.4) is 0 Å². The number of thioether (sulfide) groups is 1. The molecule has 1 rings (SSSR count). The van der Waals surface area contributed by atoms with Gasteiger partial charge >= 0.3 is 5.97 Å². The lowest BCUT2D eigenvalue weighted by molar-refractivity contribution is -0.145. The quantitative estimate of drug-likeness (QED) is 0.713. The first-order chi connectivity index (χ1) is 8.22. The normalized spacial score (nSPS) is 25.8. The Morgan fingerprint density at radius 1 is 1.41 bits per heavy atom. The molecule has 0 radical (unpaired) electrons. The summed E-state index contributed by atoms with van der Waals surface area (Å²) in [5, 5.41) is 4.16. The maximum Gasteiger partial charge on any atom is 0.323 e. The van der Waals surface area contributed by atoms with Gasteiger partial charge in [-0.05, 0) is 31.9 Å². The van der Waals surface area contributed by atoms with Gasteiger partial charge in [0.25, 0.3) is 0 Å². The summed E-state index contributed by atoms with van der Waals surface area (Å²) in [5.41, 5.74) is 0. The molecule has 3 nitrogen and oxygen atoms in total. The highest BCUT2D eigenvalue weighted by molar-refractivity contribution is 7.99. The Morgan fingerprint density at radius 2 is 2.18 bits per heavy atom. The number of hydrogen-bond donors (Lipinski definition) is 1. The molecule has 17 heavy (non-hydrogen) atoms. The van der Waals surface area contributed by atoms with Crippen molar-refractivity contribution in [2.24, 2.45) is 0 Å². The maximum atomic E-state index is 11.7. The van der Waals surface area contributed by atoms with E-state index in [-0.39, 0.29) is 12.0 Å². The van der Waals surface area contributed by atoms with Crippen molar-refractivity contribution >= 4 is 17.7 Å². The SMILES string of the molecule is CCOC(=O)C(CC)NC1CCCC1SCC. The predicted octanol–water partition coefficient (Wildman–Crippen LogP) is 2.59. The molecule has 1 saturated carbocycles. The van der Waals surface area contributed by atoms with Gasteiger partial charge in [0.05, 0.1) is 6.61 Å². The Balaban J connectivity index is 2.46. The molecule has 1 aliphatic carbocycles. The van der Waals surface area contributed by atoms with Crippen LogP contribution in [0.1, 0.15) is 46.5 Å². The van der Waals surface area contributed by atoms with Crippen molar-refractivity contribution in [3.63, 3.8) is 0 Å². The Hall–Kier alpha value is -0.220. The number of carbonyl (C=O) groups is 1. The van der Waals surface area contributed by atoms with Crippen molar-refractivity contribution in [3.8, 4) is 0 Å². The van der Waals surface area contributed by atoms with Gasteiger partial charge in [-0.15, -0.1) is 0 Å². The number of ether oxygens (including phenoxy) is 1. The molecule has 1 N–H and O–H groups in total. The topological polar surface area (TPSA) is 38.3 Å². The van der Waals surface area contributed by atoms with E-state index in [1.54, 1.807) is 0 Å². The lowest BCUT2D eigenvalue weighted by atomic mass is 10.1. The molecular formula is C13H25NO2S. The van der Waals surface area contributed by atoms with Crippen LogP contribution in [-0.2, 0) is 9.53 Å². The van der Waals surface area contributed by atoms with Crippen molar-refractivity contribution in [2.75, 3.05) is 12.4 Å². The minimum atomic E-state index is -0.127. The average Bonchev–Trinajstić information content (AvgIpc) is 2.74. The second-order valence-electron chi connectivity index (χ2n) is 4.41. The molecule has 0 spiro atoms. The number of nitrogens with one attached hydrogen (secondary N) is 1. The second-order valence-corrected chi connectivity index (χ2v) is 5.93. The van der Waals surface area contributed by atoms with Gasteiger partial charge in [-0.1, -0.05) is 20.3 Å². The van der Waals surface area contributed by atoms with E-state index in [4.69, 9.17) is 4.74 Å². The van der Waals surface area contributed by atoms with E-state index in [2.05, 4.69) is 12.2 Å². The molecule has 4 heteroatoms. The number of esters is 1. The standard InChI is InChI=1S/C13H25NO2S/c1-4-10(13(15)16-5-2)14-11-8-7-9-12(11)17-6-3/h10-12,14H,4-9H2,1-3H3. The van der Waals surface area contributed by atoms with Gasteiger partial charge < -0.3 is 10.1 Å². The van der Waals surface area contributed by atoms with Crippen LogP contribution in [0, 0.1) is 0 Å². The zero-order chi connectivity index (χ0) is 12.7. The third-order valence-corrected chi connectivity index (χ3v) is 4.55. The van der Waals surface area contributed by atoms with Gasteiger partial charge in [-0.3, -0.25) is 4.79 Å². The largest absolute Gasteiger partial charge is 0.465 e. The molecule has 0 aromatic carbocycles. The molecule has 1 fully saturated rings. The smallest absolute Gasteiger partial charge is 0.323 e. The van der Waals surface area contributed by atoms with E-state index in [1.165, 1.54) is 19.3 Å². The molecular weight excluding hydrogens is 234 g/mol. The van der Waals surface area contributed by atoms with Crippen molar-refractivity contribution < 1.29 is 9.53 Å². The first-order valence-electron chi connectivity index (χ1n) is 6.77. The van der Waals surface area contributed by atoms with E-state index in [1.807, 2.05) is 25.6 Å². The van der Waals surface area contributed by atoms with E-state index in [0.717, 1.165) is 12.2 Å². The fourth-order valence-electron chi connectivity index (χ4n) is 2.38. The summed E-state index contributed by atoms with van der Waals surface area (Å²) in [4.78, 5) is 11.7. The highest BCUT2D eigenvalue weighted by atomic mass is 32.2. The summed E-state index contributed by atoms with van der Waals surface area (Å²) in [7, 11) is 0. The van der Waals surface area contributed by atoms with E-state index in [9.17, 15) is 4.79 Å². The highest BCUT2D eigenvalue weighted by Crippen LogP contribution is 2.30. The summed E-state index contributed by atoms with van der Waals surface area (Å²) in [6, 6.07) is 0.354. The van der Waals surface area contributed by atoms with Crippen LogP contribution in [0.5, 0.6) is 0 Å². The van der Waals surface area contributed by atoms with Crippen LogP contribution in [0.25, 0.3) is 0 Å². The van der Waals surface area contributed by atoms with Gasteiger partial charge in [0.2, 0.25) is 0 Å². The van der Waals surface area contributed by atoms with Crippen molar-refractivity contribution in [1.29, 1.82) is 0 Å². The van der Waals surface area contributed by atoms with Gasteiger partial charge in [0.15, 0.2) is 0 Å². The van der Waals surface area contributed by atoms with Crippen LogP contribution in [0.4, 0.5) is 0 Å². The summed E-state index contributed by atoms with van der Waals surface area (Å²) < 4.78 is 5.09. The van der Waals surface area contributed by atoms with Crippen molar-refractivity contribution in [1.82, 2.24) is 5.32 Å². The molecule has 100 valence electrons. The minimum absolute atomic E-state index is 0.0952. The number of carbonyl (C=O) groups excluding carboxylic acids is 1. The average molecular weight is 259 g/mol. The van der Waals surface area contributed by atoms with Gasteiger partial charge in [0.1, 0.15) is 6.04 Å². The summed E-state index contributed by atoms with van der Waals surface area (Å²) in [5.74, 6) is 1.06. The molecule has 3 unspecified atom stereocenters. The van der Waals surface area contributed by atoms with Gasteiger partial charge in [0, 0.05) is 11.3 Å². The zero-order valence-electron chi connectivity index (χ0n) is 11.2. The monoisotopic (exact) mass is 259 g/mol. The lowest BCUT2D eigenvalue weighted by Crippen LogP contribution is -2.46. The highest BCUT2D eigenvalue weighted by Gasteiger charge is 2.30. The zero-order valence-corrected chi connectivity index (χ0v) is 12.0. The lowest BCUT2D eigenvalue weighted by Gasteiger charge is -2.25. The Kier molecular flexibility index (Phi) is 6.97. The third kappa shape index (κ3) is 4.51. The van der Waals surface area contributed by atoms with Crippen LogP contribution in [0.15, 0.2) is 0 Å². The predicted molar refractivity (Wildman–Crippen MR) is 73.4 cm³/mol. The molecule has 1 aliphatic rings. The second kappa shape index (κ2) is 7.98. The van der Waals surface area contributed by atoms with Crippen LogP contribution < -0.4 is 5.32 Å². The molecule has 0 saturated heterocycles. The van der Waals surface area contributed by atoms with Gasteiger partial charge in [-0.25, -0.2) is 0 Å². The summed E-state index contributed by atoms with van der Waals surface area (Å²) in [6.45, 7) is 6.55. The van der Waals surface area contributed by atoms with Gasteiger partial charge in [-0.2, -0.15) is 11.8 Å². The van der Waals surface area contributed by atoms with Crippen molar-refractivity contribution in [3.05, 3.63) is 0 Å². The van der Waals surface area contributed by atoms with E-state index < -0.39 is 0 Å². The maximum absolute atomic E-state index is 11.7. The summed E-state index contributed by atoms with van der Waals surface area (Å²) >= 11 is 2.01. The first kappa shape index (κ1) is 14.8. The summed E-state index contributed by atoms with van der Waals surface area (Å²) in [6.07, 6.45) is 4.54. The minimum Gasteiger partial charge on any atom is -0.465 e. The molecule has 0 aromatic heterocycles. The first-order valence-corrected chi connectivity index (χ1v) is 7.82. The molecule has 0 bridgehead atoms. The molecule has 3 atom stereocenters. The van der Waals surface area contributed by atoms with Crippen LogP contribution in [-0.4, -0.2) is 35.7 Å². The Morgan fingerprint density at radius 3 is 2.76 bits per heavy atom. The van der Waals surface area contributed by atoms with E-state index in [0.29, 0.717) is 17.9 Å². The van der Waals surface area contributed by atoms with Crippen LogP contribution >= 0.6 is 11.8 Å². The Labute approximate surface area is 109 Å². The number of rotatable bonds is 7. The third-order valence-electron chi connectivity index (χ3n) is 3.23. The molecule has 0 amide bonds. The van der Waals surface area contributed by atoms with Crippen molar-refractivity contribution in [2.45, 2.75) is 63.8 Å². The fourth-order valence-corrected chi connectivity index (χ4v) is 3.59. The fraction of sp³-hybridized carbons (Fsp3) is 0.923. The van der Waals surface area contributed by atoms with Crippen LogP contribution in [0.2, 0.25) is 0 Å². The molecule has 0 aliphatic heterocycles. The number of hydrogen-bond acceptors (Lipinski definition) is 4. The van der Waals surface area contributed by atoms with E-state index >= 15 is 0 Å².